The number of anilines is 1. The van der Waals surface area contributed by atoms with Gasteiger partial charge in [0.15, 0.2) is 0 Å². The quantitative estimate of drug-likeness (QED) is 0.273. The first-order valence-corrected chi connectivity index (χ1v) is 13.2. The minimum atomic E-state index is -3.86. The van der Waals surface area contributed by atoms with Crippen LogP contribution in [-0.2, 0) is 16.4 Å². The van der Waals surface area contributed by atoms with Crippen LogP contribution in [0.3, 0.4) is 0 Å². The molecular formula is C21H22Cl2N4O4S2. The minimum absolute atomic E-state index is 0.0355. The molecule has 2 N–H and O–H groups in total. The van der Waals surface area contributed by atoms with Gasteiger partial charge in [0.1, 0.15) is 5.75 Å². The summed E-state index contributed by atoms with van der Waals surface area (Å²) >= 11 is 12.6. The lowest BCUT2D eigenvalue weighted by molar-refractivity contribution is 0.102. The number of amides is 1. The fourth-order valence-electron chi connectivity index (χ4n) is 2.82. The van der Waals surface area contributed by atoms with Gasteiger partial charge in [-0.1, -0.05) is 59.7 Å². The fraction of sp³-hybridized carbons (Fsp3) is 0.286. The predicted octanol–water partition coefficient (Wildman–Crippen LogP) is 4.80. The number of nitrogens with one attached hydrogen (secondary N) is 2. The smallest absolute Gasteiger partial charge is 0.269 e. The zero-order chi connectivity index (χ0) is 23.8. The lowest BCUT2D eigenvalue weighted by Crippen LogP contribution is -2.25. The molecular weight excluding hydrogens is 507 g/mol. The number of ether oxygens (including phenoxy) is 1. The van der Waals surface area contributed by atoms with E-state index >= 15 is 0 Å². The van der Waals surface area contributed by atoms with E-state index in [1.165, 1.54) is 18.2 Å². The number of halogens is 2. The van der Waals surface area contributed by atoms with Gasteiger partial charge < -0.3 is 4.74 Å². The number of carbonyl (C=O) groups is 1. The Labute approximate surface area is 206 Å². The highest BCUT2D eigenvalue weighted by molar-refractivity contribution is 7.91. The third-order valence-corrected chi connectivity index (χ3v) is 7.60. The Kier molecular flexibility index (Phi) is 9.04. The molecule has 0 atom stereocenters. The third-order valence-electron chi connectivity index (χ3n) is 4.38. The standard InChI is InChI=1S/C21H22Cl2N4O4S2/c1-2-12-31-18-8-4-3-6-14(18)7-5-11-24-33(29,30)21-27-26-20(32-21)25-19(28)16-10-9-15(22)13-17(16)23/h3-4,6,8-10,13,24H,2,5,7,11-12H2,1H3,(H,25,26,28). The number of hydrogen-bond donors (Lipinski definition) is 2. The highest BCUT2D eigenvalue weighted by Gasteiger charge is 2.21. The summed E-state index contributed by atoms with van der Waals surface area (Å²) in [7, 11) is -3.86. The Morgan fingerprint density at radius 1 is 1.15 bits per heavy atom. The third kappa shape index (κ3) is 7.12. The second kappa shape index (κ2) is 11.8. The van der Waals surface area contributed by atoms with Crippen LogP contribution in [-0.4, -0.2) is 37.7 Å². The SMILES string of the molecule is CCCOc1ccccc1CCCNS(=O)(=O)c1nnc(NC(=O)c2ccc(Cl)cc2Cl)s1. The van der Waals surface area contributed by atoms with Crippen LogP contribution in [0.15, 0.2) is 46.8 Å². The van der Waals surface area contributed by atoms with Crippen molar-refractivity contribution in [1.82, 2.24) is 14.9 Å². The Balaban J connectivity index is 1.55. The van der Waals surface area contributed by atoms with E-state index in [2.05, 4.69) is 20.2 Å². The van der Waals surface area contributed by atoms with Crippen LogP contribution in [0.2, 0.25) is 10.0 Å². The first-order chi connectivity index (χ1) is 15.8. The number of benzene rings is 2. The van der Waals surface area contributed by atoms with Crippen LogP contribution >= 0.6 is 34.5 Å². The molecule has 0 bridgehead atoms. The lowest BCUT2D eigenvalue weighted by atomic mass is 10.1. The molecule has 0 unspecified atom stereocenters. The number of nitrogens with zero attached hydrogens (tertiary/aromatic N) is 2. The zero-order valence-corrected chi connectivity index (χ0v) is 20.8. The van der Waals surface area contributed by atoms with Gasteiger partial charge in [-0.25, -0.2) is 13.1 Å². The van der Waals surface area contributed by atoms with Crippen molar-refractivity contribution in [2.75, 3.05) is 18.5 Å². The number of sulfonamides is 1. The molecule has 0 aliphatic carbocycles. The van der Waals surface area contributed by atoms with Crippen molar-refractivity contribution in [3.05, 3.63) is 63.6 Å². The van der Waals surface area contributed by atoms with Crippen LogP contribution < -0.4 is 14.8 Å². The first-order valence-electron chi connectivity index (χ1n) is 10.1. The minimum Gasteiger partial charge on any atom is -0.493 e. The Morgan fingerprint density at radius 3 is 2.70 bits per heavy atom. The van der Waals surface area contributed by atoms with Crippen molar-refractivity contribution in [2.45, 2.75) is 30.5 Å². The van der Waals surface area contributed by atoms with Crippen LogP contribution in [0.5, 0.6) is 5.75 Å². The van der Waals surface area contributed by atoms with E-state index in [1.54, 1.807) is 0 Å². The van der Waals surface area contributed by atoms with Crippen molar-refractivity contribution in [2.24, 2.45) is 0 Å². The zero-order valence-electron chi connectivity index (χ0n) is 17.7. The van der Waals surface area contributed by atoms with E-state index in [4.69, 9.17) is 27.9 Å². The summed E-state index contributed by atoms with van der Waals surface area (Å²) in [5.41, 5.74) is 1.20. The van der Waals surface area contributed by atoms with Crippen LogP contribution in [0.1, 0.15) is 35.7 Å². The number of rotatable bonds is 11. The maximum Gasteiger partial charge on any atom is 0.269 e. The van der Waals surface area contributed by atoms with E-state index < -0.39 is 15.9 Å². The molecule has 1 heterocycles. The van der Waals surface area contributed by atoms with Crippen LogP contribution in [0.25, 0.3) is 0 Å². The first kappa shape index (κ1) is 25.4. The monoisotopic (exact) mass is 528 g/mol. The average Bonchev–Trinajstić information content (AvgIpc) is 3.25. The summed E-state index contributed by atoms with van der Waals surface area (Å²) in [5.74, 6) is 0.265. The predicted molar refractivity (Wildman–Crippen MR) is 130 cm³/mol. The molecule has 0 aliphatic rings. The molecule has 176 valence electrons. The molecule has 2 aromatic carbocycles. The van der Waals surface area contributed by atoms with Gasteiger partial charge in [-0.15, -0.1) is 10.2 Å². The molecule has 12 heteroatoms. The van der Waals surface area contributed by atoms with Gasteiger partial charge in [0.05, 0.1) is 17.2 Å². The Bertz CT molecular complexity index is 1220. The van der Waals surface area contributed by atoms with E-state index in [0.717, 1.165) is 29.1 Å². The Hall–Kier alpha value is -2.24. The Morgan fingerprint density at radius 2 is 1.94 bits per heavy atom. The van der Waals surface area contributed by atoms with Gasteiger partial charge >= 0.3 is 0 Å². The van der Waals surface area contributed by atoms with Crippen molar-refractivity contribution < 1.29 is 17.9 Å². The molecule has 1 amide bonds. The van der Waals surface area contributed by atoms with E-state index in [1.807, 2.05) is 31.2 Å². The topological polar surface area (TPSA) is 110 Å². The largest absolute Gasteiger partial charge is 0.493 e. The van der Waals surface area contributed by atoms with Gasteiger partial charge in [-0.3, -0.25) is 10.1 Å². The average molecular weight is 529 g/mol. The summed E-state index contributed by atoms with van der Waals surface area (Å²) in [4.78, 5) is 12.4. The molecule has 0 aliphatic heterocycles. The van der Waals surface area contributed by atoms with Gasteiger partial charge in [0, 0.05) is 11.6 Å². The summed E-state index contributed by atoms with van der Waals surface area (Å²) in [6.45, 7) is 2.88. The van der Waals surface area contributed by atoms with Crippen LogP contribution in [0.4, 0.5) is 5.13 Å². The molecule has 8 nitrogen and oxygen atoms in total. The van der Waals surface area contributed by atoms with E-state index in [0.29, 0.717) is 24.5 Å². The van der Waals surface area contributed by atoms with Crippen molar-refractivity contribution in [3.8, 4) is 5.75 Å². The highest BCUT2D eigenvalue weighted by Crippen LogP contribution is 2.24. The molecule has 0 radical (unpaired) electrons. The highest BCUT2D eigenvalue weighted by atomic mass is 35.5. The second-order valence-corrected chi connectivity index (χ2v) is 10.7. The molecule has 33 heavy (non-hydrogen) atoms. The summed E-state index contributed by atoms with van der Waals surface area (Å²) in [5, 5.41) is 10.5. The number of hydrogen-bond acceptors (Lipinski definition) is 7. The molecule has 1 aromatic heterocycles. The van der Waals surface area contributed by atoms with Gasteiger partial charge in [0.25, 0.3) is 15.9 Å². The lowest BCUT2D eigenvalue weighted by Gasteiger charge is -2.10. The maximum absolute atomic E-state index is 12.5. The molecule has 0 fully saturated rings. The fourth-order valence-corrected chi connectivity index (χ4v) is 5.32. The summed E-state index contributed by atoms with van der Waals surface area (Å²) in [6, 6.07) is 12.1. The van der Waals surface area contributed by atoms with E-state index in [-0.39, 0.29) is 26.6 Å². The number of para-hydroxylation sites is 1. The second-order valence-electron chi connectivity index (χ2n) is 6.91. The van der Waals surface area contributed by atoms with Crippen molar-refractivity contribution in [3.63, 3.8) is 0 Å². The van der Waals surface area contributed by atoms with Crippen molar-refractivity contribution >= 4 is 55.6 Å². The normalized spacial score (nSPS) is 11.4. The van der Waals surface area contributed by atoms with Crippen molar-refractivity contribution in [1.29, 1.82) is 0 Å². The number of carbonyl (C=O) groups excluding carboxylic acids is 1. The molecule has 0 saturated carbocycles. The molecule has 3 aromatic rings. The number of aryl methyl sites for hydroxylation is 1. The summed E-state index contributed by atoms with van der Waals surface area (Å²) in [6.07, 6.45) is 2.13. The molecule has 0 spiro atoms. The van der Waals surface area contributed by atoms with Gasteiger partial charge in [0.2, 0.25) is 9.47 Å². The summed E-state index contributed by atoms with van der Waals surface area (Å²) < 4.78 is 33.1. The van der Waals surface area contributed by atoms with Gasteiger partial charge in [-0.2, -0.15) is 0 Å². The van der Waals surface area contributed by atoms with Crippen LogP contribution in [0, 0.1) is 0 Å². The van der Waals surface area contributed by atoms with Gasteiger partial charge in [-0.05, 0) is 49.1 Å². The molecule has 0 saturated heterocycles. The maximum atomic E-state index is 12.5. The van der Waals surface area contributed by atoms with E-state index in [9.17, 15) is 13.2 Å². The number of aromatic nitrogens is 2. The molecule has 3 rings (SSSR count).